The van der Waals surface area contributed by atoms with Crippen molar-refractivity contribution in [1.82, 2.24) is 0 Å². The number of phosphoric acid groups is 2. The minimum atomic E-state index is -4.93. The summed E-state index contributed by atoms with van der Waals surface area (Å²) in [6.07, 6.45) is 82.8. The first-order chi connectivity index (χ1) is 47.2. The monoisotopic (exact) mass is 1400 g/mol. The van der Waals surface area contributed by atoms with Crippen LogP contribution in [0.2, 0.25) is 0 Å². The van der Waals surface area contributed by atoms with E-state index in [2.05, 4.69) is 130 Å². The van der Waals surface area contributed by atoms with Gasteiger partial charge in [-0.1, -0.05) is 278 Å². The second-order valence-electron chi connectivity index (χ2n) is 25.4. The first-order valence-electron chi connectivity index (χ1n) is 38.2. The van der Waals surface area contributed by atoms with Crippen LogP contribution in [-0.2, 0) is 55.8 Å². The van der Waals surface area contributed by atoms with Crippen LogP contribution in [0, 0.1) is 0 Å². The zero-order valence-corrected chi connectivity index (χ0v) is 62.8. The summed E-state index contributed by atoms with van der Waals surface area (Å²) >= 11 is 0. The molecule has 0 aromatic carbocycles. The Balaban J connectivity index is 4.48. The van der Waals surface area contributed by atoms with Crippen molar-refractivity contribution >= 4 is 33.6 Å². The van der Waals surface area contributed by atoms with E-state index in [0.717, 1.165) is 154 Å². The minimum absolute atomic E-state index is 0.0915. The highest BCUT2D eigenvalue weighted by Gasteiger charge is 2.29. The molecule has 0 aromatic heterocycles. The molecule has 0 aliphatic rings. The van der Waals surface area contributed by atoms with E-state index >= 15 is 0 Å². The minimum Gasteiger partial charge on any atom is -0.463 e. The average Bonchev–Trinajstić information content (AvgIpc) is 1.64. The van der Waals surface area contributed by atoms with E-state index in [1.807, 2.05) is 0 Å². The third-order valence-corrected chi connectivity index (χ3v) is 17.9. The molecule has 0 amide bonds. The van der Waals surface area contributed by atoms with Crippen LogP contribution in [0.15, 0.2) is 109 Å². The lowest BCUT2D eigenvalue weighted by atomic mass is 10.0. The first kappa shape index (κ1) is 93.2. The maximum Gasteiger partial charge on any atom is 0.472 e. The molecule has 0 bridgehead atoms. The van der Waals surface area contributed by atoms with Crippen molar-refractivity contribution in [1.29, 1.82) is 0 Å². The van der Waals surface area contributed by atoms with E-state index in [1.54, 1.807) is 0 Å². The molecule has 560 valence electrons. The lowest BCUT2D eigenvalue weighted by Crippen LogP contribution is -2.30. The number of ether oxygens (including phenoxy) is 3. The number of aliphatic hydroxyl groups is 2. The third kappa shape index (κ3) is 73.3. The predicted molar refractivity (Wildman–Crippen MR) is 399 cm³/mol. The highest BCUT2D eigenvalue weighted by Crippen LogP contribution is 2.45. The molecule has 0 rings (SSSR count). The molecule has 0 aromatic rings. The molecule has 4 N–H and O–H groups in total. The zero-order chi connectivity index (χ0) is 70.9. The van der Waals surface area contributed by atoms with E-state index in [1.165, 1.54) is 103 Å². The van der Waals surface area contributed by atoms with Crippen LogP contribution in [0.1, 0.15) is 316 Å². The Kier molecular flexibility index (Phi) is 69.2. The van der Waals surface area contributed by atoms with Crippen molar-refractivity contribution in [3.63, 3.8) is 0 Å². The Labute approximate surface area is 590 Å². The molecule has 0 aliphatic heterocycles. The zero-order valence-electron chi connectivity index (χ0n) is 61.0. The van der Waals surface area contributed by atoms with Gasteiger partial charge < -0.3 is 34.2 Å². The van der Waals surface area contributed by atoms with Gasteiger partial charge in [0.1, 0.15) is 25.4 Å². The van der Waals surface area contributed by atoms with E-state index in [-0.39, 0.29) is 19.3 Å². The number of allylic oxidation sites excluding steroid dienone is 18. The van der Waals surface area contributed by atoms with Gasteiger partial charge in [-0.2, -0.15) is 0 Å². The second kappa shape index (κ2) is 72.0. The number of unbranched alkanes of at least 4 members (excludes halogenated alkanes) is 31. The number of hydrogen-bond acceptors (Lipinski definition) is 14. The van der Waals surface area contributed by atoms with Gasteiger partial charge in [0.25, 0.3) is 0 Å². The molecule has 0 saturated carbocycles. The number of carbonyl (C=O) groups excluding carboxylic acids is 3. The van der Waals surface area contributed by atoms with Crippen LogP contribution in [0.3, 0.4) is 0 Å². The fourth-order valence-corrected chi connectivity index (χ4v) is 11.7. The van der Waals surface area contributed by atoms with Gasteiger partial charge in [0, 0.05) is 19.3 Å². The summed E-state index contributed by atoms with van der Waals surface area (Å²) < 4.78 is 61.0. The quantitative estimate of drug-likeness (QED) is 0.0146. The van der Waals surface area contributed by atoms with Gasteiger partial charge in [-0.3, -0.25) is 32.5 Å². The summed E-state index contributed by atoms with van der Waals surface area (Å²) in [6.45, 7) is 2.51. The second-order valence-corrected chi connectivity index (χ2v) is 28.3. The van der Waals surface area contributed by atoms with Gasteiger partial charge in [0.05, 0.1) is 26.4 Å². The third-order valence-electron chi connectivity index (χ3n) is 16.0. The lowest BCUT2D eigenvalue weighted by molar-refractivity contribution is -0.161. The summed E-state index contributed by atoms with van der Waals surface area (Å²) in [5.74, 6) is -1.59. The molecule has 0 radical (unpaired) electrons. The predicted octanol–water partition coefficient (Wildman–Crippen LogP) is 22.0. The van der Waals surface area contributed by atoms with Gasteiger partial charge >= 0.3 is 33.6 Å². The van der Waals surface area contributed by atoms with Crippen molar-refractivity contribution in [3.05, 3.63) is 109 Å². The Bertz CT molecular complexity index is 2200. The molecule has 0 saturated heterocycles. The van der Waals surface area contributed by atoms with Crippen molar-refractivity contribution in [3.8, 4) is 0 Å². The topological polar surface area (TPSA) is 231 Å². The highest BCUT2D eigenvalue weighted by molar-refractivity contribution is 7.47. The number of phosphoric ester groups is 2. The van der Waals surface area contributed by atoms with E-state index in [4.69, 9.17) is 32.3 Å². The first-order valence-corrected chi connectivity index (χ1v) is 41.2. The highest BCUT2D eigenvalue weighted by atomic mass is 31.2. The molecule has 97 heavy (non-hydrogen) atoms. The Morgan fingerprint density at radius 2 is 0.546 bits per heavy atom. The number of carbonyl (C=O) groups is 3. The van der Waals surface area contributed by atoms with E-state index < -0.39 is 91.5 Å². The fourth-order valence-electron chi connectivity index (χ4n) is 10.1. The molecule has 0 aliphatic carbocycles. The van der Waals surface area contributed by atoms with Crippen LogP contribution in [0.25, 0.3) is 0 Å². The molecular weight excluding hydrogens is 1270 g/mol. The number of esters is 3. The molecule has 5 atom stereocenters. The molecule has 0 fully saturated rings. The summed E-state index contributed by atoms with van der Waals surface area (Å²) in [5, 5.41) is 20.6. The van der Waals surface area contributed by atoms with Crippen molar-refractivity contribution in [2.24, 2.45) is 0 Å². The van der Waals surface area contributed by atoms with Crippen molar-refractivity contribution < 1.29 is 75.8 Å². The summed E-state index contributed by atoms with van der Waals surface area (Å²) in [4.78, 5) is 58.5. The summed E-state index contributed by atoms with van der Waals surface area (Å²) in [6, 6.07) is 0. The molecule has 16 nitrogen and oxygen atoms in total. The smallest absolute Gasteiger partial charge is 0.463 e. The number of aliphatic hydroxyl groups excluding tert-OH is 2. The molecule has 0 heterocycles. The van der Waals surface area contributed by atoms with Crippen molar-refractivity contribution in [2.75, 3.05) is 39.6 Å². The fraction of sp³-hybridized carbons (Fsp3) is 0.734. The van der Waals surface area contributed by atoms with Gasteiger partial charge in [-0.05, 0) is 128 Å². The Morgan fingerprint density at radius 1 is 0.299 bits per heavy atom. The molecular formula is C79H138O16P2. The van der Waals surface area contributed by atoms with Crippen molar-refractivity contribution in [2.45, 2.75) is 334 Å². The molecule has 18 heteroatoms. The Morgan fingerprint density at radius 3 is 0.897 bits per heavy atom. The summed E-state index contributed by atoms with van der Waals surface area (Å²) in [5.41, 5.74) is 0. The van der Waals surface area contributed by atoms with Crippen LogP contribution < -0.4 is 0 Å². The standard InChI is InChI=1S/C79H138O16P2/c1-4-7-10-13-16-19-22-25-27-29-31-32-33-34-35-36-37-38-39-40-42-44-45-48-50-53-56-59-62-65-77(82)89-68-74(80)69-91-96(85,86)92-70-75(81)71-93-97(87,88)94-73-76(95-79(84)67-64-61-58-55-52-47-24-21-18-15-12-9-6-3)72-90-78(83)66-63-60-57-54-51-49-46-43-41-30-28-26-23-20-17-14-11-8-5-2/h7,10,16-17,19-21,24-28,31-32,34-35,41,43,74-76,80-81H,4-6,8-9,11-15,18,22-23,29-30,33,36-40,42,44-73H2,1-3H3,(H,85,86)(H,87,88)/b10-7-,19-16-,20-17-,24-21-,27-25-,28-26-,32-31-,35-34-,43-41-. The Hall–Kier alpha value is -3.79. The van der Waals surface area contributed by atoms with Crippen LogP contribution in [0.4, 0.5) is 0 Å². The van der Waals surface area contributed by atoms with E-state index in [9.17, 15) is 43.5 Å². The van der Waals surface area contributed by atoms with Gasteiger partial charge in [-0.25, -0.2) is 9.13 Å². The van der Waals surface area contributed by atoms with Gasteiger partial charge in [-0.15, -0.1) is 0 Å². The van der Waals surface area contributed by atoms with Gasteiger partial charge in [0.2, 0.25) is 0 Å². The van der Waals surface area contributed by atoms with Gasteiger partial charge in [0.15, 0.2) is 6.10 Å². The SMILES string of the molecule is CC/C=C\C/C=C\C/C=C\C/C=C\C/C=C\CCCCCCCCCCCCCCCC(=O)OCC(O)COP(=O)(O)OCC(O)COP(=O)(O)OCC(COC(=O)CCCCCCCC/C=C\C/C=C\C/C=C\CCCCC)OC(=O)CCCCCCC/C=C\CCCCCC. The number of hydrogen-bond donors (Lipinski definition) is 4. The van der Waals surface area contributed by atoms with Crippen LogP contribution in [0.5, 0.6) is 0 Å². The number of rotatable bonds is 72. The maximum absolute atomic E-state index is 12.9. The largest absolute Gasteiger partial charge is 0.472 e. The summed E-state index contributed by atoms with van der Waals surface area (Å²) in [7, 11) is -9.79. The molecule has 5 unspecified atom stereocenters. The lowest BCUT2D eigenvalue weighted by Gasteiger charge is -2.21. The maximum atomic E-state index is 12.9. The average molecular weight is 1410 g/mol. The van der Waals surface area contributed by atoms with Crippen LogP contribution >= 0.6 is 15.6 Å². The molecule has 0 spiro atoms. The normalized spacial score (nSPS) is 14.7. The van der Waals surface area contributed by atoms with Crippen LogP contribution in [-0.4, -0.2) is 95.9 Å². The van der Waals surface area contributed by atoms with E-state index in [0.29, 0.717) is 19.3 Å².